The van der Waals surface area contributed by atoms with Gasteiger partial charge in [0, 0.05) is 13.6 Å². The monoisotopic (exact) mass is 265 g/mol. The summed E-state index contributed by atoms with van der Waals surface area (Å²) in [5, 5.41) is 6.97. The molecule has 2 heterocycles. The minimum absolute atomic E-state index is 0.0486. The van der Waals surface area contributed by atoms with Crippen LogP contribution in [0.15, 0.2) is 18.3 Å². The van der Waals surface area contributed by atoms with Crippen LogP contribution < -0.4 is 5.32 Å². The largest absolute Gasteiger partial charge is 0.344 e. The highest BCUT2D eigenvalue weighted by Crippen LogP contribution is 2.08. The number of nitrogens with zero attached hydrogens (tertiary/aromatic N) is 4. The van der Waals surface area contributed by atoms with Crippen molar-refractivity contribution in [3.05, 3.63) is 24.1 Å². The molecule has 7 heteroatoms. The lowest BCUT2D eigenvalue weighted by Gasteiger charge is -2.19. The fourth-order valence-electron chi connectivity index (χ4n) is 1.66. The molecule has 0 aliphatic rings. The predicted molar refractivity (Wildman–Crippen MR) is 69.3 cm³/mol. The van der Waals surface area contributed by atoms with Crippen molar-refractivity contribution < 1.29 is 9.18 Å². The average Bonchev–Trinajstić information content (AvgIpc) is 2.77. The summed E-state index contributed by atoms with van der Waals surface area (Å²) in [6.07, 6.45) is 1.23. The third-order valence-electron chi connectivity index (χ3n) is 2.86. The number of halogens is 1. The molecule has 0 saturated heterocycles. The van der Waals surface area contributed by atoms with E-state index in [4.69, 9.17) is 0 Å². The highest BCUT2D eigenvalue weighted by atomic mass is 19.1. The summed E-state index contributed by atoms with van der Waals surface area (Å²) in [6.45, 7) is 4.27. The molecule has 1 N–H and O–H groups in total. The van der Waals surface area contributed by atoms with Gasteiger partial charge in [-0.25, -0.2) is 8.91 Å². The van der Waals surface area contributed by atoms with Gasteiger partial charge in [-0.2, -0.15) is 4.98 Å². The highest BCUT2D eigenvalue weighted by molar-refractivity contribution is 5.83. The van der Waals surface area contributed by atoms with E-state index in [9.17, 15) is 9.18 Å². The SMILES string of the molecule is CCN(C)C(=O)C(C)Nc1nc2ccc(F)cn2n1. The van der Waals surface area contributed by atoms with E-state index < -0.39 is 11.9 Å². The maximum absolute atomic E-state index is 13.0. The van der Waals surface area contributed by atoms with E-state index in [-0.39, 0.29) is 5.91 Å². The van der Waals surface area contributed by atoms with Crippen LogP contribution in [-0.4, -0.2) is 45.0 Å². The number of nitrogens with one attached hydrogen (secondary N) is 1. The fraction of sp³-hybridized carbons (Fsp3) is 0.417. The third kappa shape index (κ3) is 2.81. The first-order valence-electron chi connectivity index (χ1n) is 6.04. The number of aromatic nitrogens is 3. The molecule has 0 spiro atoms. The fourth-order valence-corrected chi connectivity index (χ4v) is 1.66. The van der Waals surface area contributed by atoms with Gasteiger partial charge in [-0.15, -0.1) is 5.10 Å². The zero-order chi connectivity index (χ0) is 14.0. The first-order valence-corrected chi connectivity index (χ1v) is 6.04. The van der Waals surface area contributed by atoms with Gasteiger partial charge >= 0.3 is 0 Å². The number of amides is 1. The van der Waals surface area contributed by atoms with Crippen LogP contribution in [0.2, 0.25) is 0 Å². The molecule has 2 aromatic heterocycles. The van der Waals surface area contributed by atoms with Gasteiger partial charge < -0.3 is 10.2 Å². The number of hydrogen-bond donors (Lipinski definition) is 1. The molecule has 2 rings (SSSR count). The van der Waals surface area contributed by atoms with Crippen LogP contribution in [-0.2, 0) is 4.79 Å². The van der Waals surface area contributed by atoms with Crippen LogP contribution in [0.1, 0.15) is 13.8 Å². The molecular formula is C12H16FN5O. The molecule has 1 amide bonds. The van der Waals surface area contributed by atoms with Crippen LogP contribution in [0.3, 0.4) is 0 Å². The van der Waals surface area contributed by atoms with E-state index in [1.165, 1.54) is 22.8 Å². The molecule has 2 aromatic rings. The lowest BCUT2D eigenvalue weighted by molar-refractivity contribution is -0.130. The van der Waals surface area contributed by atoms with Crippen LogP contribution in [0.4, 0.5) is 10.3 Å². The quantitative estimate of drug-likeness (QED) is 0.900. The van der Waals surface area contributed by atoms with Gasteiger partial charge in [0.2, 0.25) is 11.9 Å². The van der Waals surface area contributed by atoms with E-state index in [0.717, 1.165) is 0 Å². The molecule has 0 radical (unpaired) electrons. The topological polar surface area (TPSA) is 62.5 Å². The second kappa shape index (κ2) is 5.21. The highest BCUT2D eigenvalue weighted by Gasteiger charge is 2.17. The van der Waals surface area contributed by atoms with Crippen molar-refractivity contribution in [2.24, 2.45) is 0 Å². The maximum Gasteiger partial charge on any atom is 0.244 e. The second-order valence-electron chi connectivity index (χ2n) is 4.30. The van der Waals surface area contributed by atoms with E-state index in [0.29, 0.717) is 18.1 Å². The molecule has 19 heavy (non-hydrogen) atoms. The van der Waals surface area contributed by atoms with Gasteiger partial charge in [0.05, 0.1) is 6.20 Å². The molecule has 0 aliphatic heterocycles. The molecule has 6 nitrogen and oxygen atoms in total. The normalized spacial score (nSPS) is 12.4. The summed E-state index contributed by atoms with van der Waals surface area (Å²) in [6, 6.07) is 2.40. The summed E-state index contributed by atoms with van der Waals surface area (Å²) >= 11 is 0. The minimum Gasteiger partial charge on any atom is -0.344 e. The number of carbonyl (C=O) groups excluding carboxylic acids is 1. The van der Waals surface area contributed by atoms with E-state index in [1.54, 1.807) is 18.9 Å². The molecule has 0 bridgehead atoms. The Hall–Kier alpha value is -2.18. The van der Waals surface area contributed by atoms with Gasteiger partial charge in [0.25, 0.3) is 0 Å². The number of anilines is 1. The Morgan fingerprint density at radius 1 is 1.58 bits per heavy atom. The van der Waals surface area contributed by atoms with Gasteiger partial charge in [-0.05, 0) is 26.0 Å². The van der Waals surface area contributed by atoms with Crippen molar-refractivity contribution >= 4 is 17.5 Å². The standard InChI is InChI=1S/C12H16FN5O/c1-4-17(3)11(19)8(2)14-12-15-10-6-5-9(13)7-18(10)16-12/h5-8H,4H2,1-3H3,(H,14,16). The molecular weight excluding hydrogens is 249 g/mol. The van der Waals surface area contributed by atoms with Crippen molar-refractivity contribution in [3.8, 4) is 0 Å². The molecule has 1 atom stereocenters. The summed E-state index contributed by atoms with van der Waals surface area (Å²) in [5.74, 6) is -0.137. The molecule has 0 fully saturated rings. The van der Waals surface area contributed by atoms with E-state index in [1.807, 2.05) is 6.92 Å². The van der Waals surface area contributed by atoms with Gasteiger partial charge in [-0.3, -0.25) is 4.79 Å². The number of carbonyl (C=O) groups is 1. The predicted octanol–water partition coefficient (Wildman–Crippen LogP) is 1.15. The zero-order valence-corrected chi connectivity index (χ0v) is 11.1. The Balaban J connectivity index is 2.15. The number of rotatable bonds is 4. The lowest BCUT2D eigenvalue weighted by Crippen LogP contribution is -2.39. The molecule has 102 valence electrons. The first-order chi connectivity index (χ1) is 9.01. The van der Waals surface area contributed by atoms with Crippen molar-refractivity contribution in [3.63, 3.8) is 0 Å². The Morgan fingerprint density at radius 2 is 2.32 bits per heavy atom. The van der Waals surface area contributed by atoms with E-state index in [2.05, 4.69) is 15.4 Å². The van der Waals surface area contributed by atoms with Crippen LogP contribution in [0.5, 0.6) is 0 Å². The van der Waals surface area contributed by atoms with Crippen molar-refractivity contribution in [2.75, 3.05) is 18.9 Å². The maximum atomic E-state index is 13.0. The van der Waals surface area contributed by atoms with Gasteiger partial charge in [0.1, 0.15) is 11.9 Å². The molecule has 1 unspecified atom stereocenters. The van der Waals surface area contributed by atoms with Crippen molar-refractivity contribution in [2.45, 2.75) is 19.9 Å². The number of pyridine rings is 1. The Bertz CT molecular complexity index is 597. The van der Waals surface area contributed by atoms with Crippen LogP contribution in [0.25, 0.3) is 5.65 Å². The van der Waals surface area contributed by atoms with Crippen molar-refractivity contribution in [1.29, 1.82) is 0 Å². The minimum atomic E-state index is -0.438. The molecule has 0 aliphatic carbocycles. The smallest absolute Gasteiger partial charge is 0.244 e. The zero-order valence-electron chi connectivity index (χ0n) is 11.1. The summed E-state index contributed by atoms with van der Waals surface area (Å²) in [4.78, 5) is 17.7. The molecule has 0 aromatic carbocycles. The Labute approximate surface area is 110 Å². The Kier molecular flexibility index (Phi) is 3.64. The summed E-state index contributed by atoms with van der Waals surface area (Å²) in [5.41, 5.74) is 0.521. The van der Waals surface area contributed by atoms with Gasteiger partial charge in [0.15, 0.2) is 5.65 Å². The molecule has 0 saturated carbocycles. The average molecular weight is 265 g/mol. The summed E-state index contributed by atoms with van der Waals surface area (Å²) in [7, 11) is 1.73. The first kappa shape index (κ1) is 13.3. The van der Waals surface area contributed by atoms with Crippen LogP contribution in [0, 0.1) is 5.82 Å². The van der Waals surface area contributed by atoms with Crippen molar-refractivity contribution in [1.82, 2.24) is 19.5 Å². The third-order valence-corrected chi connectivity index (χ3v) is 2.86. The summed E-state index contributed by atoms with van der Waals surface area (Å²) < 4.78 is 14.4. The number of likely N-dealkylation sites (N-methyl/N-ethyl adjacent to an activating group) is 1. The lowest BCUT2D eigenvalue weighted by atomic mass is 10.3. The van der Waals surface area contributed by atoms with E-state index >= 15 is 0 Å². The number of fused-ring (bicyclic) bond motifs is 1. The van der Waals surface area contributed by atoms with Crippen LogP contribution >= 0.6 is 0 Å². The van der Waals surface area contributed by atoms with Gasteiger partial charge in [-0.1, -0.05) is 0 Å². The Morgan fingerprint density at radius 3 is 3.00 bits per heavy atom. The number of hydrogen-bond acceptors (Lipinski definition) is 4. The second-order valence-corrected chi connectivity index (χ2v) is 4.30.